The van der Waals surface area contributed by atoms with Gasteiger partial charge in [-0.2, -0.15) is 0 Å². The van der Waals surface area contributed by atoms with Gasteiger partial charge in [-0.05, 0) is 5.57 Å². The van der Waals surface area contributed by atoms with Crippen LogP contribution < -0.4 is 0 Å². The second kappa shape index (κ2) is 4.84. The van der Waals surface area contributed by atoms with Gasteiger partial charge in [-0.1, -0.05) is 6.08 Å². The first-order valence-corrected chi connectivity index (χ1v) is 5.25. The summed E-state index contributed by atoms with van der Waals surface area (Å²) in [5.74, 6) is -0.821. The van der Waals surface area contributed by atoms with Crippen LogP contribution in [0.1, 0.15) is 16.7 Å². The summed E-state index contributed by atoms with van der Waals surface area (Å²) >= 11 is 0. The van der Waals surface area contributed by atoms with Crippen LogP contribution >= 0.6 is 0 Å². The van der Waals surface area contributed by atoms with Gasteiger partial charge in [-0.3, -0.25) is 0 Å². The molecular weight excluding hydrogens is 242 g/mol. The molecule has 98 valence electrons. The van der Waals surface area contributed by atoms with E-state index in [1.54, 1.807) is 0 Å². The summed E-state index contributed by atoms with van der Waals surface area (Å²) in [7, 11) is 1.21. The van der Waals surface area contributed by atoms with Crippen molar-refractivity contribution in [2.75, 3.05) is 13.7 Å². The summed E-state index contributed by atoms with van der Waals surface area (Å²) in [6, 6.07) is -0.673. The molecular formula is C10H13N3O5. The summed E-state index contributed by atoms with van der Waals surface area (Å²) in [4.78, 5) is 14.9. The number of methoxy groups -OCH3 is 1. The fourth-order valence-corrected chi connectivity index (χ4v) is 1.81. The zero-order valence-corrected chi connectivity index (χ0v) is 9.59. The van der Waals surface area contributed by atoms with Crippen molar-refractivity contribution in [3.63, 3.8) is 0 Å². The Balaban J connectivity index is 2.25. The molecule has 8 nitrogen and oxygen atoms in total. The molecule has 1 aromatic rings. The molecule has 0 fully saturated rings. The van der Waals surface area contributed by atoms with E-state index in [9.17, 15) is 15.0 Å². The van der Waals surface area contributed by atoms with Crippen LogP contribution in [0.2, 0.25) is 0 Å². The third-order valence-corrected chi connectivity index (χ3v) is 2.80. The number of hydrogen-bond donors (Lipinski definition) is 3. The van der Waals surface area contributed by atoms with Gasteiger partial charge in [0, 0.05) is 0 Å². The summed E-state index contributed by atoms with van der Waals surface area (Å²) in [5.41, 5.74) is 0.308. The molecule has 0 amide bonds. The molecule has 3 unspecified atom stereocenters. The Morgan fingerprint density at radius 2 is 2.28 bits per heavy atom. The highest BCUT2D eigenvalue weighted by Gasteiger charge is 2.36. The minimum atomic E-state index is -1.15. The van der Waals surface area contributed by atoms with Crippen molar-refractivity contribution in [3.05, 3.63) is 23.8 Å². The van der Waals surface area contributed by atoms with Crippen LogP contribution in [0.5, 0.6) is 0 Å². The monoisotopic (exact) mass is 255 g/mol. The Morgan fingerprint density at radius 1 is 1.56 bits per heavy atom. The highest BCUT2D eigenvalue weighted by molar-refractivity contribution is 5.84. The summed E-state index contributed by atoms with van der Waals surface area (Å²) < 4.78 is 5.70. The molecule has 1 heterocycles. The van der Waals surface area contributed by atoms with Gasteiger partial charge >= 0.3 is 5.97 Å². The van der Waals surface area contributed by atoms with Crippen molar-refractivity contribution < 1.29 is 24.9 Å². The molecule has 0 bridgehead atoms. The smallest absolute Gasteiger partial charge is 0.377 e. The van der Waals surface area contributed by atoms with Crippen molar-refractivity contribution in [1.82, 2.24) is 14.8 Å². The van der Waals surface area contributed by atoms with E-state index in [0.29, 0.717) is 5.57 Å². The zero-order chi connectivity index (χ0) is 13.3. The summed E-state index contributed by atoms with van der Waals surface area (Å²) in [5, 5.41) is 32.3. The lowest BCUT2D eigenvalue weighted by Crippen LogP contribution is -2.30. The van der Waals surface area contributed by atoms with Crippen molar-refractivity contribution >= 4 is 5.97 Å². The highest BCUT2D eigenvalue weighted by atomic mass is 16.5. The molecule has 0 saturated heterocycles. The molecule has 1 aromatic heterocycles. The van der Waals surface area contributed by atoms with Crippen LogP contribution in [-0.2, 0) is 4.74 Å². The standard InChI is InChI=1S/C10H13N3O5/c1-18-10(17)9-11-4-13(12-9)6-2-5(3-14)7(15)8(6)16/h2,4,6-8,14-16H,3H2,1H3. The van der Waals surface area contributed by atoms with Gasteiger partial charge < -0.3 is 20.1 Å². The second-order valence-electron chi connectivity index (χ2n) is 3.87. The fraction of sp³-hybridized carbons (Fsp3) is 0.500. The minimum absolute atomic E-state index is 0.134. The van der Waals surface area contributed by atoms with E-state index in [1.165, 1.54) is 24.2 Å². The number of rotatable bonds is 3. The number of hydrogen-bond acceptors (Lipinski definition) is 7. The van der Waals surface area contributed by atoms with Gasteiger partial charge in [0.15, 0.2) is 0 Å². The molecule has 0 radical (unpaired) electrons. The number of carbonyl (C=O) groups is 1. The van der Waals surface area contributed by atoms with E-state index < -0.39 is 24.2 Å². The van der Waals surface area contributed by atoms with Crippen LogP contribution in [0.25, 0.3) is 0 Å². The van der Waals surface area contributed by atoms with Crippen LogP contribution in [0.3, 0.4) is 0 Å². The van der Waals surface area contributed by atoms with E-state index in [1.807, 2.05) is 0 Å². The maximum atomic E-state index is 11.2. The Kier molecular flexibility index (Phi) is 3.41. The number of aliphatic hydroxyl groups is 3. The molecule has 18 heavy (non-hydrogen) atoms. The predicted molar refractivity (Wildman–Crippen MR) is 57.6 cm³/mol. The predicted octanol–water partition coefficient (Wildman–Crippen LogP) is -1.74. The van der Waals surface area contributed by atoms with Gasteiger partial charge in [0.05, 0.1) is 13.7 Å². The van der Waals surface area contributed by atoms with Gasteiger partial charge in [0.25, 0.3) is 5.82 Å². The Morgan fingerprint density at radius 3 is 2.83 bits per heavy atom. The maximum absolute atomic E-state index is 11.2. The van der Waals surface area contributed by atoms with E-state index in [4.69, 9.17) is 5.11 Å². The Labute approximate surface area is 102 Å². The quantitative estimate of drug-likeness (QED) is 0.433. The second-order valence-corrected chi connectivity index (χ2v) is 3.87. The van der Waals surface area contributed by atoms with Gasteiger partial charge in [0.1, 0.15) is 24.6 Å². The van der Waals surface area contributed by atoms with Gasteiger partial charge in [-0.15, -0.1) is 5.10 Å². The van der Waals surface area contributed by atoms with Crippen LogP contribution in [0.15, 0.2) is 18.0 Å². The number of aliphatic hydroxyl groups excluding tert-OH is 3. The molecule has 0 spiro atoms. The van der Waals surface area contributed by atoms with Crippen molar-refractivity contribution in [2.45, 2.75) is 18.2 Å². The molecule has 3 atom stereocenters. The number of nitrogens with zero attached hydrogens (tertiary/aromatic N) is 3. The highest BCUT2D eigenvalue weighted by Crippen LogP contribution is 2.28. The van der Waals surface area contributed by atoms with E-state index in [0.717, 1.165) is 0 Å². The Bertz CT molecular complexity index is 484. The number of esters is 1. The molecule has 0 aromatic carbocycles. The summed E-state index contributed by atoms with van der Waals surface area (Å²) in [6.07, 6.45) is 0.458. The van der Waals surface area contributed by atoms with E-state index in [2.05, 4.69) is 14.8 Å². The molecule has 1 aliphatic rings. The lowest BCUT2D eigenvalue weighted by molar-refractivity contribution is 0.0254. The van der Waals surface area contributed by atoms with Crippen molar-refractivity contribution in [1.29, 1.82) is 0 Å². The topological polar surface area (TPSA) is 118 Å². The average Bonchev–Trinajstić information content (AvgIpc) is 2.96. The third-order valence-electron chi connectivity index (χ3n) is 2.80. The molecule has 0 aliphatic heterocycles. The SMILES string of the molecule is COC(=O)c1ncn(C2C=C(CO)C(O)C2O)n1. The Hall–Kier alpha value is -1.77. The zero-order valence-electron chi connectivity index (χ0n) is 9.59. The largest absolute Gasteiger partial charge is 0.463 e. The first kappa shape index (κ1) is 12.7. The lowest BCUT2D eigenvalue weighted by Gasteiger charge is -2.16. The molecule has 8 heteroatoms. The van der Waals surface area contributed by atoms with E-state index in [-0.39, 0.29) is 12.4 Å². The molecule has 1 aliphatic carbocycles. The fourth-order valence-electron chi connectivity index (χ4n) is 1.81. The molecule has 2 rings (SSSR count). The lowest BCUT2D eigenvalue weighted by atomic mass is 10.1. The third kappa shape index (κ3) is 2.01. The molecule has 0 saturated carbocycles. The number of aromatic nitrogens is 3. The maximum Gasteiger partial charge on any atom is 0.377 e. The van der Waals surface area contributed by atoms with Crippen molar-refractivity contribution in [3.8, 4) is 0 Å². The van der Waals surface area contributed by atoms with E-state index >= 15 is 0 Å². The number of ether oxygens (including phenoxy) is 1. The minimum Gasteiger partial charge on any atom is -0.463 e. The van der Waals surface area contributed by atoms with Crippen LogP contribution in [-0.4, -0.2) is 62.0 Å². The van der Waals surface area contributed by atoms with Crippen LogP contribution in [0, 0.1) is 0 Å². The average molecular weight is 255 g/mol. The summed E-state index contributed by atoms with van der Waals surface area (Å²) in [6.45, 7) is -0.354. The first-order valence-electron chi connectivity index (χ1n) is 5.25. The first-order chi connectivity index (χ1) is 8.58. The molecule has 3 N–H and O–H groups in total. The van der Waals surface area contributed by atoms with Gasteiger partial charge in [0.2, 0.25) is 0 Å². The number of carbonyl (C=O) groups excluding carboxylic acids is 1. The van der Waals surface area contributed by atoms with Gasteiger partial charge in [-0.25, -0.2) is 14.5 Å². The van der Waals surface area contributed by atoms with Crippen molar-refractivity contribution in [2.24, 2.45) is 0 Å². The van der Waals surface area contributed by atoms with Crippen LogP contribution in [0.4, 0.5) is 0 Å². The normalized spacial score (nSPS) is 27.1.